The summed E-state index contributed by atoms with van der Waals surface area (Å²) in [6.07, 6.45) is 0. The number of carboxylic acid groups (broad SMARTS) is 1. The highest BCUT2D eigenvalue weighted by Gasteiger charge is 2.46. The van der Waals surface area contributed by atoms with Crippen LogP contribution in [0.4, 0.5) is 0 Å². The normalized spacial score (nSPS) is 15.6. The summed E-state index contributed by atoms with van der Waals surface area (Å²) in [6, 6.07) is 7.16. The Morgan fingerprint density at radius 2 is 1.81 bits per heavy atom. The van der Waals surface area contributed by atoms with E-state index in [2.05, 4.69) is 0 Å². The fourth-order valence-corrected chi connectivity index (χ4v) is 1.89. The van der Waals surface area contributed by atoms with Crippen molar-refractivity contribution in [2.45, 2.75) is 31.7 Å². The van der Waals surface area contributed by atoms with Gasteiger partial charge in [-0.25, -0.2) is 0 Å². The summed E-state index contributed by atoms with van der Waals surface area (Å²) in [4.78, 5) is 11.2. The average Bonchev–Trinajstić information content (AvgIpc) is 2.17. The first-order valence-corrected chi connectivity index (χ1v) is 5.36. The van der Waals surface area contributed by atoms with Gasteiger partial charge in [-0.3, -0.25) is 4.79 Å². The molecule has 1 aromatic carbocycles. The van der Waals surface area contributed by atoms with Crippen molar-refractivity contribution in [3.05, 3.63) is 34.9 Å². The topological polar surface area (TPSA) is 63.3 Å². The molecule has 0 aliphatic rings. The van der Waals surface area contributed by atoms with Crippen molar-refractivity contribution >= 4 is 17.6 Å². The van der Waals surface area contributed by atoms with Crippen LogP contribution in [-0.4, -0.2) is 16.6 Å². The van der Waals surface area contributed by atoms with E-state index in [0.29, 0.717) is 5.02 Å². The molecular formula is C12H16ClNO2. The Kier molecular flexibility index (Phi) is 3.31. The lowest BCUT2D eigenvalue weighted by Gasteiger charge is -2.38. The van der Waals surface area contributed by atoms with Crippen molar-refractivity contribution in [1.82, 2.24) is 0 Å². The SMILES string of the molecule is CC(N)(C(=O)O)C(C)(C)c1ccccc1Cl. The Morgan fingerprint density at radius 3 is 2.25 bits per heavy atom. The summed E-state index contributed by atoms with van der Waals surface area (Å²) in [7, 11) is 0. The molecule has 1 unspecified atom stereocenters. The van der Waals surface area contributed by atoms with Crippen molar-refractivity contribution in [3.63, 3.8) is 0 Å². The number of hydrogen-bond acceptors (Lipinski definition) is 2. The quantitative estimate of drug-likeness (QED) is 0.854. The van der Waals surface area contributed by atoms with Gasteiger partial charge in [-0.05, 0) is 18.6 Å². The maximum atomic E-state index is 11.2. The lowest BCUT2D eigenvalue weighted by molar-refractivity contribution is -0.145. The molecule has 0 heterocycles. The number of benzene rings is 1. The third-order valence-corrected chi connectivity index (χ3v) is 3.62. The molecule has 0 bridgehead atoms. The van der Waals surface area contributed by atoms with E-state index >= 15 is 0 Å². The van der Waals surface area contributed by atoms with Gasteiger partial charge in [0.05, 0.1) is 0 Å². The molecule has 0 fully saturated rings. The molecule has 88 valence electrons. The van der Waals surface area contributed by atoms with Gasteiger partial charge in [-0.2, -0.15) is 0 Å². The van der Waals surface area contributed by atoms with Crippen LogP contribution in [0.25, 0.3) is 0 Å². The molecule has 3 nitrogen and oxygen atoms in total. The van der Waals surface area contributed by atoms with E-state index in [9.17, 15) is 4.79 Å². The van der Waals surface area contributed by atoms with Gasteiger partial charge in [-0.1, -0.05) is 43.6 Å². The van der Waals surface area contributed by atoms with Gasteiger partial charge in [0.1, 0.15) is 5.54 Å². The number of carbonyl (C=O) groups is 1. The second-order valence-corrected chi connectivity index (χ2v) is 5.02. The monoisotopic (exact) mass is 241 g/mol. The van der Waals surface area contributed by atoms with Crippen LogP contribution in [0.3, 0.4) is 0 Å². The predicted octanol–water partition coefficient (Wildman–Crippen LogP) is 2.42. The fourth-order valence-electron chi connectivity index (χ4n) is 1.52. The number of hydrogen-bond donors (Lipinski definition) is 2. The van der Waals surface area contributed by atoms with Crippen LogP contribution in [0.2, 0.25) is 5.02 Å². The lowest BCUT2D eigenvalue weighted by atomic mass is 9.69. The first-order valence-electron chi connectivity index (χ1n) is 4.98. The molecule has 0 radical (unpaired) electrons. The second kappa shape index (κ2) is 4.07. The van der Waals surface area contributed by atoms with E-state index in [1.807, 2.05) is 6.07 Å². The molecule has 0 aliphatic heterocycles. The molecular weight excluding hydrogens is 226 g/mol. The first kappa shape index (κ1) is 13.0. The number of halogens is 1. The minimum Gasteiger partial charge on any atom is -0.480 e. The molecule has 0 aromatic heterocycles. The van der Waals surface area contributed by atoms with Gasteiger partial charge in [-0.15, -0.1) is 0 Å². The van der Waals surface area contributed by atoms with E-state index in [1.54, 1.807) is 32.0 Å². The Morgan fingerprint density at radius 1 is 1.31 bits per heavy atom. The zero-order valence-corrected chi connectivity index (χ0v) is 10.4. The van der Waals surface area contributed by atoms with Crippen LogP contribution < -0.4 is 5.73 Å². The second-order valence-electron chi connectivity index (χ2n) is 4.61. The van der Waals surface area contributed by atoms with Gasteiger partial charge >= 0.3 is 5.97 Å². The maximum Gasteiger partial charge on any atom is 0.324 e. The third kappa shape index (κ3) is 1.93. The highest BCUT2D eigenvalue weighted by Crippen LogP contribution is 2.37. The standard InChI is InChI=1S/C12H16ClNO2/c1-11(2,12(3,14)10(15)16)8-6-4-5-7-9(8)13/h4-7H,14H2,1-3H3,(H,15,16). The molecule has 4 heteroatoms. The van der Waals surface area contributed by atoms with Gasteiger partial charge in [0.2, 0.25) is 0 Å². The summed E-state index contributed by atoms with van der Waals surface area (Å²) >= 11 is 6.07. The minimum absolute atomic E-state index is 0.533. The van der Waals surface area contributed by atoms with E-state index < -0.39 is 16.9 Å². The van der Waals surface area contributed by atoms with Crippen molar-refractivity contribution in [2.75, 3.05) is 0 Å². The highest BCUT2D eigenvalue weighted by molar-refractivity contribution is 6.31. The number of rotatable bonds is 3. The highest BCUT2D eigenvalue weighted by atomic mass is 35.5. The van der Waals surface area contributed by atoms with E-state index in [-0.39, 0.29) is 0 Å². The summed E-state index contributed by atoms with van der Waals surface area (Å²) < 4.78 is 0. The summed E-state index contributed by atoms with van der Waals surface area (Å²) in [5.41, 5.74) is 4.49. The lowest BCUT2D eigenvalue weighted by Crippen LogP contribution is -2.58. The Bertz CT molecular complexity index is 413. The zero-order chi connectivity index (χ0) is 12.6. The van der Waals surface area contributed by atoms with E-state index in [4.69, 9.17) is 22.4 Å². The molecule has 0 saturated heterocycles. The summed E-state index contributed by atoms with van der Waals surface area (Å²) in [5, 5.41) is 9.69. The Labute approximate surface area is 100 Å². The predicted molar refractivity (Wildman–Crippen MR) is 64.7 cm³/mol. The van der Waals surface area contributed by atoms with Crippen molar-refractivity contribution in [2.24, 2.45) is 5.73 Å². The summed E-state index contributed by atoms with van der Waals surface area (Å²) in [5.74, 6) is -1.04. The van der Waals surface area contributed by atoms with Gasteiger partial charge in [0.15, 0.2) is 0 Å². The smallest absolute Gasteiger partial charge is 0.324 e. The van der Waals surface area contributed by atoms with Crippen molar-refractivity contribution < 1.29 is 9.90 Å². The number of carboxylic acids is 1. The van der Waals surface area contributed by atoms with Crippen LogP contribution in [0, 0.1) is 0 Å². The molecule has 1 atom stereocenters. The average molecular weight is 242 g/mol. The Balaban J connectivity index is 3.32. The fraction of sp³-hybridized carbons (Fsp3) is 0.417. The maximum absolute atomic E-state index is 11.2. The molecule has 0 amide bonds. The molecule has 0 saturated carbocycles. The first-order chi connectivity index (χ1) is 7.21. The van der Waals surface area contributed by atoms with Crippen molar-refractivity contribution in [3.8, 4) is 0 Å². The Hall–Kier alpha value is -1.06. The molecule has 16 heavy (non-hydrogen) atoms. The molecule has 0 spiro atoms. The van der Waals surface area contributed by atoms with Crippen LogP contribution in [0.5, 0.6) is 0 Å². The van der Waals surface area contributed by atoms with E-state index in [1.165, 1.54) is 6.92 Å². The molecule has 1 rings (SSSR count). The molecule has 1 aromatic rings. The van der Waals surface area contributed by atoms with E-state index in [0.717, 1.165) is 5.56 Å². The van der Waals surface area contributed by atoms with Gasteiger partial charge in [0, 0.05) is 10.4 Å². The van der Waals surface area contributed by atoms with Crippen LogP contribution in [0.1, 0.15) is 26.3 Å². The number of nitrogens with two attached hydrogens (primary N) is 1. The van der Waals surface area contributed by atoms with Crippen LogP contribution in [0.15, 0.2) is 24.3 Å². The van der Waals surface area contributed by atoms with Gasteiger partial charge in [0.25, 0.3) is 0 Å². The third-order valence-electron chi connectivity index (χ3n) is 3.29. The minimum atomic E-state index is -1.38. The molecule has 3 N–H and O–H groups in total. The van der Waals surface area contributed by atoms with Crippen LogP contribution in [-0.2, 0) is 10.2 Å². The van der Waals surface area contributed by atoms with Gasteiger partial charge < -0.3 is 10.8 Å². The van der Waals surface area contributed by atoms with Crippen molar-refractivity contribution in [1.29, 1.82) is 0 Å². The molecule has 0 aliphatic carbocycles. The number of aliphatic carboxylic acids is 1. The largest absolute Gasteiger partial charge is 0.480 e. The summed E-state index contributed by atoms with van der Waals surface area (Å²) in [6.45, 7) is 5.06. The zero-order valence-electron chi connectivity index (χ0n) is 9.62. The van der Waals surface area contributed by atoms with Crippen LogP contribution >= 0.6 is 11.6 Å².